The van der Waals surface area contributed by atoms with Crippen molar-refractivity contribution in [1.29, 1.82) is 0 Å². The van der Waals surface area contributed by atoms with Crippen molar-refractivity contribution >= 4 is 21.6 Å². The Morgan fingerprint density at radius 1 is 1.08 bits per heavy atom. The van der Waals surface area contributed by atoms with Crippen LogP contribution in [-0.4, -0.2) is 39.9 Å². The summed E-state index contributed by atoms with van der Waals surface area (Å²) >= 11 is 0. The number of rotatable bonds is 3. The van der Waals surface area contributed by atoms with Gasteiger partial charge in [0.2, 0.25) is 0 Å². The van der Waals surface area contributed by atoms with E-state index in [1.165, 1.54) is 15.3 Å². The highest BCUT2D eigenvalue weighted by Crippen LogP contribution is 2.31. The van der Waals surface area contributed by atoms with Crippen LogP contribution in [-0.2, 0) is 16.4 Å². The van der Waals surface area contributed by atoms with E-state index < -0.39 is 10.0 Å². The number of hydrogen-bond acceptors (Lipinski definition) is 3. The van der Waals surface area contributed by atoms with Crippen LogP contribution >= 0.6 is 0 Å². The molecule has 2 aromatic rings. The fourth-order valence-electron chi connectivity index (χ4n) is 2.92. The fourth-order valence-corrected chi connectivity index (χ4v) is 4.51. The zero-order chi connectivity index (χ0) is 17.3. The van der Waals surface area contributed by atoms with Crippen LogP contribution in [0.2, 0.25) is 0 Å². The SMILES string of the molecule is CN(C)C(=O)c1cccc(S(=O)(=O)N2CCCc3ccccc32)c1. The van der Waals surface area contributed by atoms with E-state index in [0.717, 1.165) is 24.1 Å². The molecule has 24 heavy (non-hydrogen) atoms. The highest BCUT2D eigenvalue weighted by Gasteiger charge is 2.29. The fraction of sp³-hybridized carbons (Fsp3) is 0.278. The quantitative estimate of drug-likeness (QED) is 0.860. The number of carbonyl (C=O) groups excluding carboxylic acids is 1. The van der Waals surface area contributed by atoms with Gasteiger partial charge in [0.1, 0.15) is 0 Å². The second-order valence-corrected chi connectivity index (χ2v) is 7.90. The second-order valence-electron chi connectivity index (χ2n) is 6.04. The molecule has 0 aromatic heterocycles. The molecule has 0 radical (unpaired) electrons. The molecular weight excluding hydrogens is 324 g/mol. The van der Waals surface area contributed by atoms with Crippen molar-refractivity contribution in [3.8, 4) is 0 Å². The molecule has 1 aliphatic heterocycles. The average Bonchev–Trinajstić information content (AvgIpc) is 2.60. The van der Waals surface area contributed by atoms with Crippen LogP contribution < -0.4 is 4.31 Å². The van der Waals surface area contributed by atoms with Crippen LogP contribution in [0.25, 0.3) is 0 Å². The van der Waals surface area contributed by atoms with Gasteiger partial charge >= 0.3 is 0 Å². The Balaban J connectivity index is 2.04. The Labute approximate surface area is 142 Å². The first-order chi connectivity index (χ1) is 11.4. The zero-order valence-corrected chi connectivity index (χ0v) is 14.6. The summed E-state index contributed by atoms with van der Waals surface area (Å²) in [4.78, 5) is 13.7. The third-order valence-corrected chi connectivity index (χ3v) is 5.95. The molecule has 0 atom stereocenters. The molecule has 0 unspecified atom stereocenters. The highest BCUT2D eigenvalue weighted by molar-refractivity contribution is 7.92. The van der Waals surface area contributed by atoms with Crippen LogP contribution in [0.1, 0.15) is 22.3 Å². The molecule has 1 amide bonds. The molecule has 3 rings (SSSR count). The Hall–Kier alpha value is -2.34. The van der Waals surface area contributed by atoms with Gasteiger partial charge in [-0.3, -0.25) is 9.10 Å². The van der Waals surface area contributed by atoms with Gasteiger partial charge in [0, 0.05) is 26.2 Å². The molecule has 0 N–H and O–H groups in total. The van der Waals surface area contributed by atoms with E-state index in [1.54, 1.807) is 32.3 Å². The summed E-state index contributed by atoms with van der Waals surface area (Å²) in [6.45, 7) is 0.450. The number of hydrogen-bond donors (Lipinski definition) is 0. The lowest BCUT2D eigenvalue weighted by atomic mass is 10.0. The number of para-hydroxylation sites is 1. The summed E-state index contributed by atoms with van der Waals surface area (Å²) in [5.41, 5.74) is 2.13. The summed E-state index contributed by atoms with van der Waals surface area (Å²) in [5.74, 6) is -0.217. The van der Waals surface area contributed by atoms with Gasteiger partial charge < -0.3 is 4.90 Å². The molecule has 0 saturated heterocycles. The maximum Gasteiger partial charge on any atom is 0.264 e. The Morgan fingerprint density at radius 3 is 2.58 bits per heavy atom. The minimum Gasteiger partial charge on any atom is -0.345 e. The van der Waals surface area contributed by atoms with Crippen molar-refractivity contribution in [3.05, 3.63) is 59.7 Å². The molecule has 0 bridgehead atoms. The molecule has 6 heteroatoms. The number of anilines is 1. The minimum atomic E-state index is -3.69. The van der Waals surface area contributed by atoms with E-state index in [-0.39, 0.29) is 10.8 Å². The van der Waals surface area contributed by atoms with Crippen LogP contribution in [0.3, 0.4) is 0 Å². The highest BCUT2D eigenvalue weighted by atomic mass is 32.2. The third kappa shape index (κ3) is 2.89. The zero-order valence-electron chi connectivity index (χ0n) is 13.8. The standard InChI is InChI=1S/C18H20N2O3S/c1-19(2)18(21)15-8-5-10-16(13-15)24(22,23)20-12-6-9-14-7-3-4-11-17(14)20/h3-5,7-8,10-11,13H,6,9,12H2,1-2H3. The van der Waals surface area contributed by atoms with Gasteiger partial charge in [-0.15, -0.1) is 0 Å². The summed E-state index contributed by atoms with van der Waals surface area (Å²) in [6.07, 6.45) is 1.66. The van der Waals surface area contributed by atoms with Gasteiger partial charge in [0.05, 0.1) is 10.6 Å². The smallest absolute Gasteiger partial charge is 0.264 e. The lowest BCUT2D eigenvalue weighted by Crippen LogP contribution is -2.35. The van der Waals surface area contributed by atoms with Gasteiger partial charge in [-0.05, 0) is 42.7 Å². The molecule has 0 saturated carbocycles. The first-order valence-corrected chi connectivity index (χ1v) is 9.27. The summed E-state index contributed by atoms with van der Waals surface area (Å²) in [5, 5.41) is 0. The Kier molecular flexibility index (Phi) is 4.32. The molecular formula is C18H20N2O3S. The summed E-state index contributed by atoms with van der Waals surface area (Å²) in [6, 6.07) is 13.8. The van der Waals surface area contributed by atoms with Crippen LogP contribution in [0, 0.1) is 0 Å². The van der Waals surface area contributed by atoms with Crippen molar-refractivity contribution < 1.29 is 13.2 Å². The van der Waals surface area contributed by atoms with Gasteiger partial charge in [-0.25, -0.2) is 8.42 Å². The lowest BCUT2D eigenvalue weighted by Gasteiger charge is -2.30. The van der Waals surface area contributed by atoms with Crippen molar-refractivity contribution in [2.24, 2.45) is 0 Å². The number of benzene rings is 2. The number of aryl methyl sites for hydroxylation is 1. The normalized spacial score (nSPS) is 14.2. The molecule has 126 valence electrons. The molecule has 5 nitrogen and oxygen atoms in total. The topological polar surface area (TPSA) is 57.7 Å². The minimum absolute atomic E-state index is 0.145. The third-order valence-electron chi connectivity index (χ3n) is 4.14. The van der Waals surface area contributed by atoms with E-state index in [9.17, 15) is 13.2 Å². The average molecular weight is 344 g/mol. The Bertz CT molecular complexity index is 875. The van der Waals surface area contributed by atoms with E-state index in [0.29, 0.717) is 12.1 Å². The predicted octanol–water partition coefficient (Wildman–Crippen LogP) is 2.53. The largest absolute Gasteiger partial charge is 0.345 e. The van der Waals surface area contributed by atoms with E-state index >= 15 is 0 Å². The van der Waals surface area contributed by atoms with Crippen molar-refractivity contribution in [2.45, 2.75) is 17.7 Å². The maximum atomic E-state index is 13.1. The van der Waals surface area contributed by atoms with E-state index in [2.05, 4.69) is 0 Å². The van der Waals surface area contributed by atoms with Gasteiger partial charge in [-0.2, -0.15) is 0 Å². The van der Waals surface area contributed by atoms with E-state index in [4.69, 9.17) is 0 Å². The summed E-state index contributed by atoms with van der Waals surface area (Å²) < 4.78 is 27.6. The van der Waals surface area contributed by atoms with Crippen molar-refractivity contribution in [3.63, 3.8) is 0 Å². The number of fused-ring (bicyclic) bond motifs is 1. The molecule has 1 heterocycles. The second kappa shape index (κ2) is 6.28. The lowest BCUT2D eigenvalue weighted by molar-refractivity contribution is 0.0827. The van der Waals surface area contributed by atoms with Crippen LogP contribution in [0.4, 0.5) is 5.69 Å². The summed E-state index contributed by atoms with van der Waals surface area (Å²) in [7, 11) is -0.408. The number of amides is 1. The first-order valence-electron chi connectivity index (χ1n) is 7.83. The molecule has 0 fully saturated rings. The van der Waals surface area contributed by atoms with Gasteiger partial charge in [0.25, 0.3) is 15.9 Å². The molecule has 0 spiro atoms. The van der Waals surface area contributed by atoms with E-state index in [1.807, 2.05) is 24.3 Å². The monoisotopic (exact) mass is 344 g/mol. The van der Waals surface area contributed by atoms with Crippen LogP contribution in [0.15, 0.2) is 53.4 Å². The molecule has 2 aromatic carbocycles. The predicted molar refractivity (Wildman–Crippen MR) is 93.8 cm³/mol. The first kappa shape index (κ1) is 16.5. The number of carbonyl (C=O) groups is 1. The molecule has 0 aliphatic carbocycles. The van der Waals surface area contributed by atoms with Crippen molar-refractivity contribution in [2.75, 3.05) is 24.9 Å². The Morgan fingerprint density at radius 2 is 1.83 bits per heavy atom. The van der Waals surface area contributed by atoms with Crippen LogP contribution in [0.5, 0.6) is 0 Å². The number of sulfonamides is 1. The van der Waals surface area contributed by atoms with Gasteiger partial charge in [0.15, 0.2) is 0 Å². The number of nitrogens with zero attached hydrogens (tertiary/aromatic N) is 2. The maximum absolute atomic E-state index is 13.1. The van der Waals surface area contributed by atoms with Crippen molar-refractivity contribution in [1.82, 2.24) is 4.90 Å². The van der Waals surface area contributed by atoms with Gasteiger partial charge in [-0.1, -0.05) is 24.3 Å². The molecule has 1 aliphatic rings.